The molecule has 1 aliphatic rings. The van der Waals surface area contributed by atoms with E-state index >= 15 is 0 Å². The lowest BCUT2D eigenvalue weighted by atomic mass is 10.1. The van der Waals surface area contributed by atoms with E-state index in [9.17, 15) is 4.79 Å². The number of rotatable bonds is 2. The molecule has 5 rings (SSSR count). The summed E-state index contributed by atoms with van der Waals surface area (Å²) in [5.74, 6) is 0.881. The van der Waals surface area contributed by atoms with Crippen molar-refractivity contribution in [3.63, 3.8) is 0 Å². The smallest absolute Gasteiger partial charge is 0.410 e. The number of aryl methyl sites for hydroxylation is 2. The van der Waals surface area contributed by atoms with Gasteiger partial charge in [-0.1, -0.05) is 24.3 Å². The van der Waals surface area contributed by atoms with Crippen molar-refractivity contribution in [3.05, 3.63) is 53.8 Å². The highest BCUT2D eigenvalue weighted by Crippen LogP contribution is 2.22. The average Bonchev–Trinajstić information content (AvgIpc) is 3.29. The molecule has 0 saturated carbocycles. The molecule has 0 atom stereocenters. The van der Waals surface area contributed by atoms with Crippen LogP contribution in [0.15, 0.2) is 48.5 Å². The van der Waals surface area contributed by atoms with E-state index < -0.39 is 5.60 Å². The van der Waals surface area contributed by atoms with E-state index in [0.717, 1.165) is 40.9 Å². The Kier molecular flexibility index (Phi) is 7.21. The molecule has 9 heteroatoms. The Labute approximate surface area is 210 Å². The lowest BCUT2D eigenvalue weighted by Gasteiger charge is -2.33. The first-order valence-corrected chi connectivity index (χ1v) is 12.2. The molecule has 4 aromatic rings. The number of carbonyl (C=O) groups is 1. The van der Waals surface area contributed by atoms with Gasteiger partial charge >= 0.3 is 6.09 Å². The van der Waals surface area contributed by atoms with Crippen molar-refractivity contribution in [1.82, 2.24) is 24.0 Å². The van der Waals surface area contributed by atoms with Gasteiger partial charge in [0.25, 0.3) is 0 Å². The van der Waals surface area contributed by atoms with E-state index in [2.05, 4.69) is 25.9 Å². The highest BCUT2D eigenvalue weighted by atomic mass is 35.5. The number of para-hydroxylation sites is 4. The molecule has 1 aliphatic heterocycles. The zero-order valence-corrected chi connectivity index (χ0v) is 21.7. The first-order chi connectivity index (χ1) is 16.6. The zero-order valence-electron chi connectivity index (χ0n) is 21.0. The number of nitrogens with zero attached hydrogens (tertiary/aromatic N) is 5. The fourth-order valence-corrected chi connectivity index (χ4v) is 4.29. The third-order valence-corrected chi connectivity index (χ3v) is 6.34. The number of imidazole rings is 2. The van der Waals surface area contributed by atoms with Gasteiger partial charge in [0.1, 0.15) is 5.60 Å². The van der Waals surface area contributed by atoms with Crippen LogP contribution < -0.4 is 5.32 Å². The van der Waals surface area contributed by atoms with Crippen LogP contribution in [-0.2, 0) is 18.8 Å². The molecule has 0 unspecified atom stereocenters. The number of hydrogen-bond donors (Lipinski definition) is 1. The number of likely N-dealkylation sites (tertiary alicyclic amines) is 1. The SMILES string of the molecule is Cn1c(Cl)nc2ccccc21.Cn1c(NC2CCN(C(=O)OC(C)(C)C)CC2)nc2ccccc21. The Morgan fingerprint density at radius 1 is 0.943 bits per heavy atom. The maximum atomic E-state index is 12.1. The van der Waals surface area contributed by atoms with Gasteiger partial charge in [0.2, 0.25) is 11.2 Å². The van der Waals surface area contributed by atoms with Crippen LogP contribution in [0.2, 0.25) is 5.28 Å². The molecule has 1 N–H and O–H groups in total. The van der Waals surface area contributed by atoms with Crippen LogP contribution in [0, 0.1) is 0 Å². The molecule has 0 bridgehead atoms. The zero-order chi connectivity index (χ0) is 25.2. The number of amides is 1. The summed E-state index contributed by atoms with van der Waals surface area (Å²) < 4.78 is 9.38. The summed E-state index contributed by atoms with van der Waals surface area (Å²) in [6.07, 6.45) is 1.56. The summed E-state index contributed by atoms with van der Waals surface area (Å²) in [5.41, 5.74) is 3.68. The lowest BCUT2D eigenvalue weighted by molar-refractivity contribution is 0.0210. The van der Waals surface area contributed by atoms with Gasteiger partial charge in [-0.25, -0.2) is 14.8 Å². The van der Waals surface area contributed by atoms with Crippen molar-refractivity contribution in [2.45, 2.75) is 45.3 Å². The maximum Gasteiger partial charge on any atom is 0.410 e. The predicted octanol–water partition coefficient (Wildman–Crippen LogP) is 5.61. The van der Waals surface area contributed by atoms with Crippen molar-refractivity contribution in [2.75, 3.05) is 18.4 Å². The number of fused-ring (bicyclic) bond motifs is 2. The number of halogens is 1. The highest BCUT2D eigenvalue weighted by Gasteiger charge is 2.27. The molecule has 8 nitrogen and oxygen atoms in total. The molecule has 2 aromatic heterocycles. The van der Waals surface area contributed by atoms with Crippen molar-refractivity contribution in [3.8, 4) is 0 Å². The Morgan fingerprint density at radius 3 is 2.03 bits per heavy atom. The van der Waals surface area contributed by atoms with Crippen LogP contribution in [0.4, 0.5) is 10.7 Å². The number of aromatic nitrogens is 4. The van der Waals surface area contributed by atoms with E-state index in [1.807, 2.05) is 81.9 Å². The minimum atomic E-state index is -0.445. The fraction of sp³-hybridized carbons (Fsp3) is 0.423. The van der Waals surface area contributed by atoms with Gasteiger partial charge in [0, 0.05) is 33.2 Å². The van der Waals surface area contributed by atoms with Gasteiger partial charge in [-0.3, -0.25) is 0 Å². The Balaban J connectivity index is 0.000000218. The van der Waals surface area contributed by atoms with Crippen molar-refractivity contribution < 1.29 is 9.53 Å². The summed E-state index contributed by atoms with van der Waals surface area (Å²) in [7, 11) is 3.92. The molecule has 0 radical (unpaired) electrons. The van der Waals surface area contributed by atoms with E-state index in [1.165, 1.54) is 0 Å². The van der Waals surface area contributed by atoms with Crippen LogP contribution in [0.5, 0.6) is 0 Å². The largest absolute Gasteiger partial charge is 0.444 e. The Morgan fingerprint density at radius 2 is 1.49 bits per heavy atom. The number of benzene rings is 2. The first-order valence-electron chi connectivity index (χ1n) is 11.9. The summed E-state index contributed by atoms with van der Waals surface area (Å²) in [5, 5.41) is 4.05. The average molecular weight is 497 g/mol. The normalized spacial score (nSPS) is 14.6. The number of nitrogens with one attached hydrogen (secondary N) is 1. The van der Waals surface area contributed by atoms with E-state index in [0.29, 0.717) is 24.4 Å². The quantitative estimate of drug-likeness (QED) is 0.390. The van der Waals surface area contributed by atoms with Gasteiger partial charge in [-0.2, -0.15) is 0 Å². The van der Waals surface area contributed by atoms with Gasteiger partial charge in [-0.15, -0.1) is 0 Å². The van der Waals surface area contributed by atoms with Gasteiger partial charge in [-0.05, 0) is 69.5 Å². The second kappa shape index (κ2) is 10.2. The molecule has 1 fully saturated rings. The molecule has 0 aliphatic carbocycles. The Bertz CT molecular complexity index is 1310. The molecule has 3 heterocycles. The van der Waals surface area contributed by atoms with Crippen molar-refractivity contribution in [2.24, 2.45) is 14.1 Å². The highest BCUT2D eigenvalue weighted by molar-refractivity contribution is 6.29. The summed E-state index contributed by atoms with van der Waals surface area (Å²) in [4.78, 5) is 22.7. The third kappa shape index (κ3) is 5.88. The topological polar surface area (TPSA) is 77.2 Å². The molecule has 2 aromatic carbocycles. The molecule has 35 heavy (non-hydrogen) atoms. The monoisotopic (exact) mass is 496 g/mol. The minimum Gasteiger partial charge on any atom is -0.444 e. The minimum absolute atomic E-state index is 0.219. The van der Waals surface area contributed by atoms with E-state index in [-0.39, 0.29) is 6.09 Å². The standard InChI is InChI=1S/C18H26N4O2.C8H7ClN2/c1-18(2,3)24-17(23)22-11-9-13(10-12-22)19-16-20-14-7-5-6-8-15(14)21(16)4;1-11-7-5-3-2-4-6(7)10-8(11)9/h5-8,13H,9-12H2,1-4H3,(H,19,20);2-5H,1H3. The number of piperidine rings is 1. The van der Waals surface area contributed by atoms with E-state index in [1.54, 1.807) is 4.90 Å². The summed E-state index contributed by atoms with van der Waals surface area (Å²) in [6, 6.07) is 16.3. The lowest BCUT2D eigenvalue weighted by Crippen LogP contribution is -2.44. The number of anilines is 1. The maximum absolute atomic E-state index is 12.1. The first kappa shape index (κ1) is 24.9. The van der Waals surface area contributed by atoms with Gasteiger partial charge in [0.05, 0.1) is 22.1 Å². The van der Waals surface area contributed by atoms with Gasteiger partial charge in [0.15, 0.2) is 0 Å². The number of ether oxygens (including phenoxy) is 1. The number of carbonyl (C=O) groups excluding carboxylic acids is 1. The predicted molar refractivity (Wildman–Crippen MR) is 141 cm³/mol. The molecule has 0 spiro atoms. The molecular weight excluding hydrogens is 464 g/mol. The van der Waals surface area contributed by atoms with Gasteiger partial charge < -0.3 is 24.1 Å². The second-order valence-corrected chi connectivity index (χ2v) is 10.1. The van der Waals surface area contributed by atoms with Crippen LogP contribution in [-0.4, -0.2) is 54.8 Å². The second-order valence-electron chi connectivity index (χ2n) is 9.80. The summed E-state index contributed by atoms with van der Waals surface area (Å²) >= 11 is 5.80. The van der Waals surface area contributed by atoms with E-state index in [4.69, 9.17) is 16.3 Å². The third-order valence-electron chi connectivity index (χ3n) is 6.00. The van der Waals surface area contributed by atoms with Crippen LogP contribution in [0.25, 0.3) is 22.1 Å². The molecule has 1 amide bonds. The van der Waals surface area contributed by atoms with Crippen molar-refractivity contribution in [1.29, 1.82) is 0 Å². The van der Waals surface area contributed by atoms with Crippen LogP contribution in [0.3, 0.4) is 0 Å². The fourth-order valence-electron chi connectivity index (χ4n) is 4.11. The Hall–Kier alpha value is -3.26. The molecule has 1 saturated heterocycles. The number of hydrogen-bond acceptors (Lipinski definition) is 5. The molecule has 186 valence electrons. The summed E-state index contributed by atoms with van der Waals surface area (Å²) in [6.45, 7) is 7.09. The molecular formula is C26H33ClN6O2. The van der Waals surface area contributed by atoms with Crippen LogP contribution in [0.1, 0.15) is 33.6 Å². The van der Waals surface area contributed by atoms with Crippen LogP contribution >= 0.6 is 11.6 Å². The van der Waals surface area contributed by atoms with Crippen molar-refractivity contribution >= 4 is 45.7 Å².